The summed E-state index contributed by atoms with van der Waals surface area (Å²) in [5, 5.41) is 9.93. The van der Waals surface area contributed by atoms with Gasteiger partial charge >= 0.3 is 0 Å². The van der Waals surface area contributed by atoms with Crippen LogP contribution in [0.15, 0.2) is 0 Å². The van der Waals surface area contributed by atoms with Crippen LogP contribution in [-0.4, -0.2) is 36.6 Å². The molecule has 1 N–H and O–H groups in total. The van der Waals surface area contributed by atoms with Gasteiger partial charge in [-0.25, -0.2) is 0 Å². The molecule has 9 heavy (non-hydrogen) atoms. The van der Waals surface area contributed by atoms with E-state index >= 15 is 0 Å². The second-order valence-electron chi connectivity index (χ2n) is 1.57. The number of hydrogen-bond acceptors (Lipinski definition) is 3. The Labute approximate surface area is 56.2 Å². The van der Waals surface area contributed by atoms with Crippen molar-refractivity contribution in [3.63, 3.8) is 0 Å². The number of ether oxygens (including phenoxy) is 1. The second-order valence-corrected chi connectivity index (χ2v) is 1.57. The summed E-state index contributed by atoms with van der Waals surface area (Å²) in [5.41, 5.74) is 0. The minimum atomic E-state index is 0.653. The molecular weight excluding hydrogens is 118 g/mol. The largest absolute Gasteiger partial charge is 0.379 e. The summed E-state index contributed by atoms with van der Waals surface area (Å²) in [6.07, 6.45) is 0. The number of nitrogens with zero attached hydrogens (tertiary/aromatic N) is 1. The Morgan fingerprint density at radius 2 is 1.67 bits per heavy atom. The fourth-order valence-electron chi connectivity index (χ4n) is 0.554. The van der Waals surface area contributed by atoms with Crippen LogP contribution in [0.5, 0.6) is 0 Å². The Hall–Kier alpha value is -0.120. The van der Waals surface area contributed by atoms with Gasteiger partial charge in [-0.3, -0.25) is 0 Å². The van der Waals surface area contributed by atoms with Gasteiger partial charge in [0.1, 0.15) is 0 Å². The Kier molecular flexibility index (Phi) is 5.93. The van der Waals surface area contributed by atoms with Crippen LogP contribution >= 0.6 is 0 Å². The summed E-state index contributed by atoms with van der Waals surface area (Å²) in [5.74, 6) is 0. The molecule has 0 aliphatic carbocycles. The highest BCUT2D eigenvalue weighted by molar-refractivity contribution is 4.48. The van der Waals surface area contributed by atoms with Crippen molar-refractivity contribution in [1.82, 2.24) is 5.06 Å². The lowest BCUT2D eigenvalue weighted by Gasteiger charge is -2.19. The molecule has 0 aromatic carbocycles. The molecule has 0 radical (unpaired) electrons. The molecule has 0 aromatic rings. The number of morpholine rings is 1. The quantitative estimate of drug-likeness (QED) is 0.529. The van der Waals surface area contributed by atoms with Gasteiger partial charge in [0.25, 0.3) is 0 Å². The monoisotopic (exact) mass is 133 g/mol. The third kappa shape index (κ3) is 4.39. The van der Waals surface area contributed by atoms with E-state index in [0.717, 1.165) is 0 Å². The topological polar surface area (TPSA) is 32.7 Å². The van der Waals surface area contributed by atoms with E-state index in [1.807, 2.05) is 13.8 Å². The first-order chi connectivity index (χ1) is 4.39. The normalized spacial score (nSPS) is 20.3. The van der Waals surface area contributed by atoms with E-state index in [2.05, 4.69) is 0 Å². The molecule has 1 fully saturated rings. The average Bonchev–Trinajstić information content (AvgIpc) is 1.94. The van der Waals surface area contributed by atoms with Crippen LogP contribution in [0, 0.1) is 0 Å². The van der Waals surface area contributed by atoms with Gasteiger partial charge < -0.3 is 9.94 Å². The second kappa shape index (κ2) is 6.01. The van der Waals surface area contributed by atoms with Gasteiger partial charge in [-0.15, -0.1) is 0 Å². The number of hydrogen-bond donors (Lipinski definition) is 1. The average molecular weight is 133 g/mol. The molecular formula is C6H15NO2. The van der Waals surface area contributed by atoms with Crippen LogP contribution in [0.4, 0.5) is 0 Å². The molecule has 56 valence electrons. The van der Waals surface area contributed by atoms with Crippen LogP contribution in [0.25, 0.3) is 0 Å². The van der Waals surface area contributed by atoms with Crippen LogP contribution < -0.4 is 0 Å². The minimum absolute atomic E-state index is 0.653. The lowest BCUT2D eigenvalue weighted by Crippen LogP contribution is -2.33. The maximum atomic E-state index is 8.66. The lowest BCUT2D eigenvalue weighted by atomic mass is 10.5. The number of hydroxylamine groups is 2. The summed E-state index contributed by atoms with van der Waals surface area (Å²) in [6, 6.07) is 0. The fraction of sp³-hybridized carbons (Fsp3) is 1.00. The Bertz CT molecular complexity index is 53.0. The molecule has 1 rings (SSSR count). The van der Waals surface area contributed by atoms with Crippen molar-refractivity contribution in [3.05, 3.63) is 0 Å². The van der Waals surface area contributed by atoms with Gasteiger partial charge in [0.15, 0.2) is 0 Å². The molecule has 3 heteroatoms. The maximum absolute atomic E-state index is 8.66. The third-order valence-electron chi connectivity index (χ3n) is 0.987. The zero-order chi connectivity index (χ0) is 7.11. The number of rotatable bonds is 0. The van der Waals surface area contributed by atoms with Crippen molar-refractivity contribution in [3.8, 4) is 0 Å². The van der Waals surface area contributed by atoms with Crippen molar-refractivity contribution < 1.29 is 9.94 Å². The molecule has 1 saturated heterocycles. The van der Waals surface area contributed by atoms with Crippen molar-refractivity contribution in [2.24, 2.45) is 0 Å². The minimum Gasteiger partial charge on any atom is -0.379 e. The third-order valence-corrected chi connectivity index (χ3v) is 0.987. The van der Waals surface area contributed by atoms with Crippen molar-refractivity contribution in [1.29, 1.82) is 0 Å². The summed E-state index contributed by atoms with van der Waals surface area (Å²) in [4.78, 5) is 0. The van der Waals surface area contributed by atoms with Crippen LogP contribution in [0.1, 0.15) is 13.8 Å². The smallest absolute Gasteiger partial charge is 0.0617 e. The first-order valence-corrected chi connectivity index (χ1v) is 3.41. The Morgan fingerprint density at radius 1 is 1.22 bits per heavy atom. The molecule has 1 aliphatic rings. The first-order valence-electron chi connectivity index (χ1n) is 3.41. The molecule has 0 amide bonds. The van der Waals surface area contributed by atoms with Gasteiger partial charge in [-0.2, -0.15) is 5.06 Å². The standard InChI is InChI=1S/C4H9NO2.C2H6/c6-5-1-3-7-4-2-5;1-2/h6H,1-4H2;1-2H3. The van der Waals surface area contributed by atoms with Crippen molar-refractivity contribution >= 4 is 0 Å². The van der Waals surface area contributed by atoms with E-state index in [-0.39, 0.29) is 0 Å². The molecule has 0 atom stereocenters. The van der Waals surface area contributed by atoms with Crippen molar-refractivity contribution in [2.45, 2.75) is 13.8 Å². The predicted octanol–water partition coefficient (Wildman–Crippen LogP) is 0.734. The van der Waals surface area contributed by atoms with E-state index in [9.17, 15) is 0 Å². The maximum Gasteiger partial charge on any atom is 0.0617 e. The van der Waals surface area contributed by atoms with Gasteiger partial charge in [0.05, 0.1) is 13.2 Å². The molecule has 0 bridgehead atoms. The van der Waals surface area contributed by atoms with E-state index in [4.69, 9.17) is 9.94 Å². The molecule has 1 aliphatic heterocycles. The summed E-state index contributed by atoms with van der Waals surface area (Å²) >= 11 is 0. The van der Waals surface area contributed by atoms with E-state index < -0.39 is 0 Å². The lowest BCUT2D eigenvalue weighted by molar-refractivity contribution is -0.143. The summed E-state index contributed by atoms with van der Waals surface area (Å²) < 4.78 is 4.94. The van der Waals surface area contributed by atoms with Gasteiger partial charge in [0.2, 0.25) is 0 Å². The molecule has 0 unspecified atom stereocenters. The van der Waals surface area contributed by atoms with E-state index in [1.165, 1.54) is 5.06 Å². The van der Waals surface area contributed by atoms with Gasteiger partial charge in [0, 0.05) is 13.1 Å². The highest BCUT2D eigenvalue weighted by atomic mass is 16.5. The summed E-state index contributed by atoms with van der Waals surface area (Å²) in [7, 11) is 0. The highest BCUT2D eigenvalue weighted by Crippen LogP contribution is 1.89. The molecule has 3 nitrogen and oxygen atoms in total. The SMILES string of the molecule is CC.ON1CCOCC1. The van der Waals surface area contributed by atoms with Crippen LogP contribution in [-0.2, 0) is 4.74 Å². The fourth-order valence-corrected chi connectivity index (χ4v) is 0.554. The van der Waals surface area contributed by atoms with E-state index in [1.54, 1.807) is 0 Å². The van der Waals surface area contributed by atoms with E-state index in [0.29, 0.717) is 26.3 Å². The predicted molar refractivity (Wildman–Crippen MR) is 35.5 cm³/mol. The molecule has 1 heterocycles. The molecule has 0 aromatic heterocycles. The van der Waals surface area contributed by atoms with Crippen molar-refractivity contribution in [2.75, 3.05) is 26.3 Å². The van der Waals surface area contributed by atoms with Gasteiger partial charge in [-0.05, 0) is 0 Å². The highest BCUT2D eigenvalue weighted by Gasteiger charge is 2.04. The summed E-state index contributed by atoms with van der Waals surface area (Å²) in [6.45, 7) is 6.63. The Morgan fingerprint density at radius 3 is 1.89 bits per heavy atom. The Balaban J connectivity index is 0.000000291. The zero-order valence-corrected chi connectivity index (χ0v) is 6.13. The van der Waals surface area contributed by atoms with Gasteiger partial charge in [-0.1, -0.05) is 13.8 Å². The van der Waals surface area contributed by atoms with Crippen LogP contribution in [0.2, 0.25) is 0 Å². The zero-order valence-electron chi connectivity index (χ0n) is 6.13. The van der Waals surface area contributed by atoms with Crippen LogP contribution in [0.3, 0.4) is 0 Å². The first kappa shape index (κ1) is 8.88. The molecule has 0 saturated carbocycles. The molecule has 0 spiro atoms.